The molecule has 0 radical (unpaired) electrons. The summed E-state index contributed by atoms with van der Waals surface area (Å²) in [6.45, 7) is 3.72. The molecule has 42 heavy (non-hydrogen) atoms. The Morgan fingerprint density at radius 2 is 2.02 bits per heavy atom. The molecule has 1 aliphatic carbocycles. The van der Waals surface area contributed by atoms with Crippen LogP contribution in [0.15, 0.2) is 54.6 Å². The van der Waals surface area contributed by atoms with E-state index in [2.05, 4.69) is 14.4 Å². The van der Waals surface area contributed by atoms with Crippen molar-refractivity contribution in [1.82, 2.24) is 19.4 Å². The second-order valence-electron chi connectivity index (χ2n) is 11.0. The van der Waals surface area contributed by atoms with Gasteiger partial charge in [-0.05, 0) is 49.2 Å². The minimum absolute atomic E-state index is 0.0225. The van der Waals surface area contributed by atoms with Gasteiger partial charge in [0.05, 0.1) is 47.4 Å². The highest BCUT2D eigenvalue weighted by Gasteiger charge is 2.49. The van der Waals surface area contributed by atoms with Gasteiger partial charge in [-0.2, -0.15) is 10.2 Å². The predicted molar refractivity (Wildman–Crippen MR) is 151 cm³/mol. The van der Waals surface area contributed by atoms with Crippen molar-refractivity contribution in [2.24, 2.45) is 0 Å². The summed E-state index contributed by atoms with van der Waals surface area (Å²) in [5.74, 6) is 0.746. The third-order valence-corrected chi connectivity index (χ3v) is 8.38. The van der Waals surface area contributed by atoms with Crippen molar-refractivity contribution < 1.29 is 23.8 Å². The number of aromatic nitrogens is 3. The summed E-state index contributed by atoms with van der Waals surface area (Å²) >= 11 is 0. The molecule has 3 aliphatic rings. The van der Waals surface area contributed by atoms with Crippen LogP contribution in [-0.4, -0.2) is 68.4 Å². The SMILES string of the molecule is N#Cc1ccc(COc2cccc(N3CCN(Cc4nc5ccc(C(=O)O)cc5n4C[C@@H]4CCO4)[C@H]4C[C@H]43)n2)c(F)c1. The fourth-order valence-corrected chi connectivity index (χ4v) is 5.92. The molecule has 0 bridgehead atoms. The van der Waals surface area contributed by atoms with Crippen LogP contribution >= 0.6 is 0 Å². The maximum Gasteiger partial charge on any atom is 0.335 e. The molecule has 0 spiro atoms. The van der Waals surface area contributed by atoms with Crippen molar-refractivity contribution >= 4 is 22.8 Å². The fraction of sp³-hybridized carbons (Fsp3) is 0.355. The van der Waals surface area contributed by atoms with E-state index in [0.717, 1.165) is 55.2 Å². The van der Waals surface area contributed by atoms with E-state index < -0.39 is 11.8 Å². The van der Waals surface area contributed by atoms with Crippen LogP contribution in [0.1, 0.15) is 40.2 Å². The molecule has 3 fully saturated rings. The van der Waals surface area contributed by atoms with E-state index in [1.165, 1.54) is 6.07 Å². The quantitative estimate of drug-likeness (QED) is 0.320. The molecule has 7 rings (SSSR count). The molecule has 1 N–H and O–H groups in total. The van der Waals surface area contributed by atoms with Crippen molar-refractivity contribution in [1.29, 1.82) is 5.26 Å². The van der Waals surface area contributed by atoms with Crippen LogP contribution in [0.5, 0.6) is 5.88 Å². The van der Waals surface area contributed by atoms with Crippen molar-refractivity contribution in [2.75, 3.05) is 24.6 Å². The molecule has 10 nitrogen and oxygen atoms in total. The molecule has 3 atom stereocenters. The number of hydrogen-bond donors (Lipinski definition) is 1. The Bertz CT molecular complexity index is 1710. The molecular weight excluding hydrogens is 539 g/mol. The molecule has 2 aliphatic heterocycles. The number of benzene rings is 2. The van der Waals surface area contributed by atoms with Crippen LogP contribution < -0.4 is 9.64 Å². The zero-order chi connectivity index (χ0) is 28.8. The van der Waals surface area contributed by atoms with E-state index in [-0.39, 0.29) is 23.8 Å². The molecule has 4 aromatic rings. The Morgan fingerprint density at radius 3 is 2.79 bits per heavy atom. The topological polar surface area (TPSA) is 117 Å². The highest BCUT2D eigenvalue weighted by molar-refractivity contribution is 5.92. The molecule has 0 unspecified atom stereocenters. The normalized spacial score (nSPS) is 21.4. The number of imidazole rings is 1. The summed E-state index contributed by atoms with van der Waals surface area (Å²) in [6, 6.07) is 17.7. The summed E-state index contributed by atoms with van der Waals surface area (Å²) in [5, 5.41) is 18.5. The first kappa shape index (κ1) is 26.4. The molecule has 0 amide bonds. The number of carboxylic acids is 1. The van der Waals surface area contributed by atoms with Crippen molar-refractivity contribution in [3.63, 3.8) is 0 Å². The summed E-state index contributed by atoms with van der Waals surface area (Å²) in [4.78, 5) is 26.0. The second kappa shape index (κ2) is 10.7. The van der Waals surface area contributed by atoms with Gasteiger partial charge in [0, 0.05) is 43.4 Å². The van der Waals surface area contributed by atoms with Gasteiger partial charge >= 0.3 is 5.97 Å². The van der Waals surface area contributed by atoms with Crippen LogP contribution in [0.3, 0.4) is 0 Å². The summed E-state index contributed by atoms with van der Waals surface area (Å²) < 4.78 is 27.9. The van der Waals surface area contributed by atoms with Gasteiger partial charge in [0.25, 0.3) is 0 Å². The smallest absolute Gasteiger partial charge is 0.335 e. The lowest BCUT2D eigenvalue weighted by Crippen LogP contribution is -2.46. The maximum absolute atomic E-state index is 14.3. The van der Waals surface area contributed by atoms with Gasteiger partial charge in [0.2, 0.25) is 5.88 Å². The van der Waals surface area contributed by atoms with Crippen molar-refractivity contribution in [3.05, 3.63) is 82.9 Å². The zero-order valence-electron chi connectivity index (χ0n) is 22.8. The summed E-state index contributed by atoms with van der Waals surface area (Å²) in [7, 11) is 0. The standard InChI is InChI=1S/C31H29FN6O4/c32-23-12-19(15-33)4-5-21(23)18-42-30-3-1-2-28(35-30)37-10-9-36(26-14-27(26)37)17-29-34-24-7-6-20(31(39)40)13-25(24)38(29)16-22-8-11-41-22/h1-7,12-13,22,26-27H,8-11,14,16-18H2,(H,39,40)/t22-,26-,27+/m0/s1. The highest BCUT2D eigenvalue weighted by Crippen LogP contribution is 2.40. The number of nitriles is 1. The minimum atomic E-state index is -0.951. The third-order valence-electron chi connectivity index (χ3n) is 8.38. The molecule has 4 heterocycles. The fourth-order valence-electron chi connectivity index (χ4n) is 5.92. The predicted octanol–water partition coefficient (Wildman–Crippen LogP) is 3.97. The molecule has 1 saturated carbocycles. The van der Waals surface area contributed by atoms with Gasteiger partial charge in [0.15, 0.2) is 0 Å². The molecule has 11 heteroatoms. The number of hydrogen-bond acceptors (Lipinski definition) is 8. The molecule has 2 saturated heterocycles. The van der Waals surface area contributed by atoms with Gasteiger partial charge in [-0.1, -0.05) is 12.1 Å². The van der Waals surface area contributed by atoms with E-state index in [1.54, 1.807) is 36.4 Å². The zero-order valence-corrected chi connectivity index (χ0v) is 22.8. The third kappa shape index (κ3) is 5.04. The number of aromatic carboxylic acids is 1. The number of carboxylic acid groups (broad SMARTS) is 1. The number of anilines is 1. The minimum Gasteiger partial charge on any atom is -0.478 e. The summed E-state index contributed by atoms with van der Waals surface area (Å²) in [5.41, 5.74) is 2.51. The average molecular weight is 569 g/mol. The number of carbonyl (C=O) groups is 1. The molecule has 214 valence electrons. The second-order valence-corrected chi connectivity index (χ2v) is 11.0. The van der Waals surface area contributed by atoms with Gasteiger partial charge in [-0.15, -0.1) is 0 Å². The maximum atomic E-state index is 14.3. The van der Waals surface area contributed by atoms with Crippen LogP contribution in [-0.2, 0) is 24.4 Å². The molecule has 2 aromatic carbocycles. The summed E-state index contributed by atoms with van der Waals surface area (Å²) in [6.07, 6.45) is 2.12. The largest absolute Gasteiger partial charge is 0.478 e. The van der Waals surface area contributed by atoms with Gasteiger partial charge in [0.1, 0.15) is 24.1 Å². The Hall–Kier alpha value is -4.53. The average Bonchev–Trinajstić information content (AvgIpc) is 3.71. The van der Waals surface area contributed by atoms with Crippen LogP contribution in [0.2, 0.25) is 0 Å². The van der Waals surface area contributed by atoms with Gasteiger partial charge in [-0.3, -0.25) is 4.90 Å². The number of rotatable bonds is 9. The first-order chi connectivity index (χ1) is 20.5. The highest BCUT2D eigenvalue weighted by atomic mass is 19.1. The lowest BCUT2D eigenvalue weighted by molar-refractivity contribution is -0.0592. The monoisotopic (exact) mass is 568 g/mol. The number of ether oxygens (including phenoxy) is 2. The van der Waals surface area contributed by atoms with Crippen molar-refractivity contribution in [2.45, 2.75) is 50.7 Å². The number of fused-ring (bicyclic) bond motifs is 2. The van der Waals surface area contributed by atoms with E-state index in [4.69, 9.17) is 24.7 Å². The van der Waals surface area contributed by atoms with E-state index in [0.29, 0.717) is 36.6 Å². The van der Waals surface area contributed by atoms with Crippen LogP contribution in [0.4, 0.5) is 10.2 Å². The Morgan fingerprint density at radius 1 is 1.14 bits per heavy atom. The number of nitrogens with zero attached hydrogens (tertiary/aromatic N) is 6. The van der Waals surface area contributed by atoms with E-state index in [1.807, 2.05) is 18.2 Å². The lowest BCUT2D eigenvalue weighted by atomic mass is 10.1. The number of halogens is 1. The Balaban J connectivity index is 1.04. The molecular formula is C31H29FN6O4. The molecule has 2 aromatic heterocycles. The lowest BCUT2D eigenvalue weighted by Gasteiger charge is -2.35. The first-order valence-electron chi connectivity index (χ1n) is 14.1. The van der Waals surface area contributed by atoms with E-state index in [9.17, 15) is 14.3 Å². The van der Waals surface area contributed by atoms with Crippen LogP contribution in [0.25, 0.3) is 11.0 Å². The van der Waals surface area contributed by atoms with Gasteiger partial charge in [-0.25, -0.2) is 14.2 Å². The number of pyridine rings is 1. The Labute approximate surface area is 241 Å². The number of piperazine rings is 1. The Kier molecular flexibility index (Phi) is 6.72. The van der Waals surface area contributed by atoms with Gasteiger partial charge < -0.3 is 24.0 Å². The van der Waals surface area contributed by atoms with Crippen molar-refractivity contribution in [3.8, 4) is 11.9 Å². The first-order valence-corrected chi connectivity index (χ1v) is 14.1. The van der Waals surface area contributed by atoms with E-state index >= 15 is 0 Å². The van der Waals surface area contributed by atoms with Crippen LogP contribution in [0, 0.1) is 17.1 Å².